The van der Waals surface area contributed by atoms with E-state index in [-0.39, 0.29) is 11.7 Å². The number of nitrogens with zero attached hydrogens (tertiary/aromatic N) is 1. The zero-order chi connectivity index (χ0) is 15.7. The highest BCUT2D eigenvalue weighted by atomic mass is 79.9. The van der Waals surface area contributed by atoms with Crippen molar-refractivity contribution in [3.63, 3.8) is 0 Å². The number of phenolic OH excluding ortho intramolecular Hbond substituents is 1. The van der Waals surface area contributed by atoms with E-state index >= 15 is 0 Å². The van der Waals surface area contributed by atoms with Crippen LogP contribution in [-0.2, 0) is 4.79 Å². The molecule has 1 fully saturated rings. The molecular weight excluding hydrogens is 442 g/mol. The van der Waals surface area contributed by atoms with Crippen LogP contribution in [0.5, 0.6) is 11.5 Å². The number of likely N-dealkylation sites (N-methyl/N-ethyl adjacent to an activating group) is 1. The highest BCUT2D eigenvalue weighted by Gasteiger charge is 2.31. The lowest BCUT2D eigenvalue weighted by atomic mass is 10.2. The van der Waals surface area contributed by atoms with Crippen molar-refractivity contribution in [1.82, 2.24) is 4.90 Å². The van der Waals surface area contributed by atoms with Crippen molar-refractivity contribution in [3.8, 4) is 11.5 Å². The Hall–Kier alpha value is -0.570. The first kappa shape index (κ1) is 16.8. The molecule has 1 aliphatic rings. The van der Waals surface area contributed by atoms with Gasteiger partial charge in [0.2, 0.25) is 0 Å². The number of ether oxygens (including phenoxy) is 1. The van der Waals surface area contributed by atoms with Gasteiger partial charge in [-0.15, -0.1) is 0 Å². The Morgan fingerprint density at radius 2 is 2.14 bits per heavy atom. The summed E-state index contributed by atoms with van der Waals surface area (Å²) in [4.78, 5) is 14.3. The van der Waals surface area contributed by atoms with Crippen LogP contribution in [0.25, 0.3) is 6.08 Å². The highest BCUT2D eigenvalue weighted by Crippen LogP contribution is 2.43. The molecule has 1 aromatic rings. The number of hydrogen-bond acceptors (Lipinski definition) is 5. The molecular formula is C13H11Br2NO3S2. The molecule has 1 aromatic carbocycles. The van der Waals surface area contributed by atoms with Crippen LogP contribution in [-0.4, -0.2) is 33.9 Å². The molecule has 1 aliphatic heterocycles. The number of methoxy groups -OCH3 is 1. The largest absolute Gasteiger partial charge is 0.503 e. The fourth-order valence-electron chi connectivity index (χ4n) is 1.79. The smallest absolute Gasteiger partial charge is 0.266 e. The van der Waals surface area contributed by atoms with E-state index in [0.717, 1.165) is 0 Å². The molecule has 0 unspecified atom stereocenters. The number of rotatable bonds is 3. The van der Waals surface area contributed by atoms with E-state index in [1.807, 2.05) is 6.92 Å². The zero-order valence-electron chi connectivity index (χ0n) is 11.1. The van der Waals surface area contributed by atoms with Crippen molar-refractivity contribution >= 4 is 72.1 Å². The molecule has 1 saturated heterocycles. The third-order valence-corrected chi connectivity index (χ3v) is 6.41. The second kappa shape index (κ2) is 6.68. The van der Waals surface area contributed by atoms with Crippen LogP contribution >= 0.6 is 55.8 Å². The van der Waals surface area contributed by atoms with E-state index in [4.69, 9.17) is 17.0 Å². The molecule has 0 aliphatic carbocycles. The summed E-state index contributed by atoms with van der Waals surface area (Å²) in [5.74, 6) is 0.215. The quantitative estimate of drug-likeness (QED) is 0.551. The van der Waals surface area contributed by atoms with Gasteiger partial charge in [0.15, 0.2) is 11.5 Å². The van der Waals surface area contributed by atoms with Gasteiger partial charge in [-0.25, -0.2) is 0 Å². The molecule has 1 heterocycles. The van der Waals surface area contributed by atoms with Crippen molar-refractivity contribution in [1.29, 1.82) is 0 Å². The predicted octanol–water partition coefficient (Wildman–Crippen LogP) is 4.15. The van der Waals surface area contributed by atoms with Crippen molar-refractivity contribution in [2.45, 2.75) is 6.92 Å². The number of thiocarbonyl (C=S) groups is 1. The Bertz CT molecular complexity index is 661. The van der Waals surface area contributed by atoms with Crippen LogP contribution in [0.4, 0.5) is 0 Å². The van der Waals surface area contributed by atoms with E-state index in [0.29, 0.717) is 36.0 Å². The second-order valence-corrected chi connectivity index (χ2v) is 7.33. The average molecular weight is 453 g/mol. The Morgan fingerprint density at radius 1 is 1.48 bits per heavy atom. The molecule has 1 amide bonds. The van der Waals surface area contributed by atoms with Gasteiger partial charge < -0.3 is 9.84 Å². The van der Waals surface area contributed by atoms with Gasteiger partial charge in [0.1, 0.15) is 4.32 Å². The Kier molecular flexibility index (Phi) is 5.34. The first-order valence-corrected chi connectivity index (χ1v) is 8.72. The number of benzene rings is 1. The van der Waals surface area contributed by atoms with Crippen molar-refractivity contribution in [3.05, 3.63) is 25.5 Å². The van der Waals surface area contributed by atoms with E-state index in [9.17, 15) is 9.90 Å². The van der Waals surface area contributed by atoms with E-state index in [1.165, 1.54) is 18.9 Å². The predicted molar refractivity (Wildman–Crippen MR) is 95.6 cm³/mol. The lowest BCUT2D eigenvalue weighted by Gasteiger charge is -2.11. The summed E-state index contributed by atoms with van der Waals surface area (Å²) in [7, 11) is 1.47. The molecule has 0 atom stereocenters. The maximum atomic E-state index is 12.2. The Balaban J connectivity index is 2.49. The molecule has 1 N–H and O–H groups in total. The summed E-state index contributed by atoms with van der Waals surface area (Å²) in [5.41, 5.74) is 0.716. The van der Waals surface area contributed by atoms with Crippen molar-refractivity contribution < 1.29 is 14.6 Å². The summed E-state index contributed by atoms with van der Waals surface area (Å²) >= 11 is 13.1. The molecule has 0 spiro atoms. The molecule has 21 heavy (non-hydrogen) atoms. The molecule has 2 rings (SSSR count). The standard InChI is InChI=1S/C13H11Br2NO3S2/c1-3-16-12(18)8(21-13(16)20)5-6-4-7(19-2)11(17)10(15)9(6)14/h4-5,17H,3H2,1-2H3/b8-5-. The van der Waals surface area contributed by atoms with Crippen LogP contribution in [0, 0.1) is 0 Å². The van der Waals surface area contributed by atoms with Crippen molar-refractivity contribution in [2.24, 2.45) is 0 Å². The molecule has 0 aromatic heterocycles. The van der Waals surface area contributed by atoms with E-state index < -0.39 is 0 Å². The minimum absolute atomic E-state index is 0.00244. The van der Waals surface area contributed by atoms with Gasteiger partial charge in [0.05, 0.1) is 16.5 Å². The molecule has 8 heteroatoms. The summed E-state index contributed by atoms with van der Waals surface area (Å²) in [6.07, 6.45) is 1.73. The van der Waals surface area contributed by atoms with Crippen LogP contribution in [0.1, 0.15) is 12.5 Å². The van der Waals surface area contributed by atoms with E-state index in [1.54, 1.807) is 17.0 Å². The summed E-state index contributed by atoms with van der Waals surface area (Å²) in [5, 5.41) is 9.91. The number of phenols is 1. The maximum absolute atomic E-state index is 12.2. The van der Waals surface area contributed by atoms with Crippen molar-refractivity contribution in [2.75, 3.05) is 13.7 Å². The number of hydrogen-bond donors (Lipinski definition) is 1. The fourth-order valence-corrected chi connectivity index (χ4v) is 4.00. The normalized spacial score (nSPS) is 17.0. The monoisotopic (exact) mass is 451 g/mol. The number of aromatic hydroxyl groups is 1. The maximum Gasteiger partial charge on any atom is 0.266 e. The van der Waals surface area contributed by atoms with Gasteiger partial charge in [0, 0.05) is 11.0 Å². The van der Waals surface area contributed by atoms with Gasteiger partial charge in [-0.1, -0.05) is 24.0 Å². The van der Waals surface area contributed by atoms with Gasteiger partial charge in [-0.2, -0.15) is 0 Å². The number of amides is 1. The number of halogens is 2. The van der Waals surface area contributed by atoms with Gasteiger partial charge in [-0.05, 0) is 56.5 Å². The Labute approximate surface area is 148 Å². The molecule has 4 nitrogen and oxygen atoms in total. The molecule has 0 saturated carbocycles. The van der Waals surface area contributed by atoms with Gasteiger partial charge in [0.25, 0.3) is 5.91 Å². The first-order valence-electron chi connectivity index (χ1n) is 5.91. The second-order valence-electron chi connectivity index (χ2n) is 4.07. The van der Waals surface area contributed by atoms with Crippen LogP contribution in [0.2, 0.25) is 0 Å². The summed E-state index contributed by atoms with van der Waals surface area (Å²) in [6, 6.07) is 1.66. The van der Waals surface area contributed by atoms with E-state index in [2.05, 4.69) is 31.9 Å². The fraction of sp³-hybridized carbons (Fsp3) is 0.231. The average Bonchev–Trinajstić information content (AvgIpc) is 2.73. The lowest BCUT2D eigenvalue weighted by Crippen LogP contribution is -2.27. The molecule has 112 valence electrons. The minimum atomic E-state index is -0.109. The third-order valence-electron chi connectivity index (χ3n) is 2.87. The topological polar surface area (TPSA) is 49.8 Å². The zero-order valence-corrected chi connectivity index (χ0v) is 16.0. The Morgan fingerprint density at radius 3 is 2.67 bits per heavy atom. The van der Waals surface area contributed by atoms with Gasteiger partial charge >= 0.3 is 0 Å². The lowest BCUT2D eigenvalue weighted by molar-refractivity contribution is -0.121. The summed E-state index contributed by atoms with van der Waals surface area (Å²) in [6.45, 7) is 2.43. The van der Waals surface area contributed by atoms with Gasteiger partial charge in [-0.3, -0.25) is 9.69 Å². The number of carbonyl (C=O) groups excluding carboxylic acids is 1. The molecule has 0 bridgehead atoms. The number of thioether (sulfide) groups is 1. The highest BCUT2D eigenvalue weighted by molar-refractivity contribution is 9.13. The molecule has 0 radical (unpaired) electrons. The summed E-state index contributed by atoms with van der Waals surface area (Å²) < 4.78 is 6.78. The first-order chi connectivity index (χ1) is 9.90. The number of carbonyl (C=O) groups is 1. The van der Waals surface area contributed by atoms with Crippen LogP contribution < -0.4 is 4.74 Å². The third kappa shape index (κ3) is 3.13. The van der Waals surface area contributed by atoms with Crippen LogP contribution in [0.3, 0.4) is 0 Å². The SMILES string of the molecule is CCN1C(=O)/C(=C/c2cc(OC)c(O)c(Br)c2Br)SC1=S. The van der Waals surface area contributed by atoms with Crippen LogP contribution in [0.15, 0.2) is 19.9 Å². The minimum Gasteiger partial charge on any atom is -0.503 e.